The summed E-state index contributed by atoms with van der Waals surface area (Å²) in [5, 5.41) is 7.69. The van der Waals surface area contributed by atoms with Crippen LogP contribution < -0.4 is 10.5 Å². The Labute approximate surface area is 174 Å². The third kappa shape index (κ3) is 5.64. The molecule has 3 N–H and O–H groups in total. The Kier molecular flexibility index (Phi) is 6.09. The zero-order valence-corrected chi connectivity index (χ0v) is 16.5. The number of alkyl halides is 3. The van der Waals surface area contributed by atoms with E-state index in [0.29, 0.717) is 11.8 Å². The fourth-order valence-electron chi connectivity index (χ4n) is 2.85. The zero-order valence-electron chi connectivity index (χ0n) is 15.7. The highest BCUT2D eigenvalue weighted by Crippen LogP contribution is 2.34. The second-order valence-corrected chi connectivity index (χ2v) is 8.10. The number of hydrogen-bond acceptors (Lipinski definition) is 4. The number of nitrogens with two attached hydrogens (primary N) is 1. The van der Waals surface area contributed by atoms with Crippen molar-refractivity contribution in [1.29, 1.82) is 0 Å². The standard InChI is InChI=1S/C20H15F4N3O3S/c21-15-3-1-2-12(6-15)7-19(28)27-16-4-5-17(18(9-16)31(25,29)30)13-8-14(11-26-10-13)20(22,23)24/h1-6,8-11H,7H2,(H,27,28)(H2,25,29,30). The number of benzene rings is 2. The van der Waals surface area contributed by atoms with Gasteiger partial charge < -0.3 is 5.32 Å². The molecule has 3 aromatic rings. The molecule has 0 radical (unpaired) electrons. The van der Waals surface area contributed by atoms with Gasteiger partial charge in [-0.05, 0) is 35.9 Å². The average molecular weight is 453 g/mol. The smallest absolute Gasteiger partial charge is 0.326 e. The van der Waals surface area contributed by atoms with Crippen LogP contribution in [0.4, 0.5) is 23.2 Å². The van der Waals surface area contributed by atoms with Crippen molar-refractivity contribution >= 4 is 21.6 Å². The van der Waals surface area contributed by atoms with E-state index in [4.69, 9.17) is 5.14 Å². The van der Waals surface area contributed by atoms with Gasteiger partial charge in [-0.3, -0.25) is 9.78 Å². The van der Waals surface area contributed by atoms with E-state index in [0.717, 1.165) is 18.3 Å². The third-order valence-corrected chi connectivity index (χ3v) is 5.15. The number of sulfonamides is 1. The van der Waals surface area contributed by atoms with E-state index in [2.05, 4.69) is 10.3 Å². The zero-order chi connectivity index (χ0) is 22.8. The molecule has 31 heavy (non-hydrogen) atoms. The van der Waals surface area contributed by atoms with Crippen molar-refractivity contribution in [2.24, 2.45) is 5.14 Å². The summed E-state index contributed by atoms with van der Waals surface area (Å²) in [4.78, 5) is 15.2. The number of anilines is 1. The normalized spacial score (nSPS) is 11.9. The molecule has 6 nitrogen and oxygen atoms in total. The first kappa shape index (κ1) is 22.4. The summed E-state index contributed by atoms with van der Waals surface area (Å²) < 4.78 is 76.3. The predicted octanol–water partition coefficient (Wildman–Crippen LogP) is 3.74. The number of rotatable bonds is 5. The van der Waals surface area contributed by atoms with Crippen LogP contribution in [0.5, 0.6) is 0 Å². The van der Waals surface area contributed by atoms with Gasteiger partial charge in [0, 0.05) is 29.2 Å². The van der Waals surface area contributed by atoms with Crippen LogP contribution >= 0.6 is 0 Å². The van der Waals surface area contributed by atoms with Crippen LogP contribution in [0, 0.1) is 5.82 Å². The van der Waals surface area contributed by atoms with Crippen molar-refractivity contribution in [3.8, 4) is 11.1 Å². The molecule has 162 valence electrons. The van der Waals surface area contributed by atoms with E-state index in [-0.39, 0.29) is 23.2 Å². The predicted molar refractivity (Wildman–Crippen MR) is 105 cm³/mol. The van der Waals surface area contributed by atoms with Crippen LogP contribution in [0.1, 0.15) is 11.1 Å². The highest BCUT2D eigenvalue weighted by Gasteiger charge is 2.31. The molecule has 0 spiro atoms. The van der Waals surface area contributed by atoms with Gasteiger partial charge in [-0.1, -0.05) is 18.2 Å². The number of amides is 1. The minimum absolute atomic E-state index is 0.0501. The van der Waals surface area contributed by atoms with E-state index in [9.17, 15) is 30.8 Å². The van der Waals surface area contributed by atoms with E-state index < -0.39 is 38.4 Å². The Morgan fingerprint density at radius 1 is 1.06 bits per heavy atom. The van der Waals surface area contributed by atoms with Crippen molar-refractivity contribution in [2.75, 3.05) is 5.32 Å². The Bertz CT molecular complexity index is 1240. The van der Waals surface area contributed by atoms with Crippen molar-refractivity contribution in [1.82, 2.24) is 4.98 Å². The van der Waals surface area contributed by atoms with E-state index in [1.165, 1.54) is 30.3 Å². The Hall–Kier alpha value is -3.31. The number of pyridine rings is 1. The average Bonchev–Trinajstić information content (AvgIpc) is 2.66. The molecule has 0 fully saturated rings. The molecule has 3 rings (SSSR count). The summed E-state index contributed by atoms with van der Waals surface area (Å²) in [5.74, 6) is -1.07. The number of halogens is 4. The number of hydrogen-bond donors (Lipinski definition) is 2. The minimum Gasteiger partial charge on any atom is -0.326 e. The largest absolute Gasteiger partial charge is 0.417 e. The molecule has 0 atom stereocenters. The molecule has 11 heteroatoms. The number of nitrogens with one attached hydrogen (secondary N) is 1. The van der Waals surface area contributed by atoms with Crippen LogP contribution in [0.15, 0.2) is 65.8 Å². The molecule has 2 aromatic carbocycles. The number of primary sulfonamides is 1. The van der Waals surface area contributed by atoms with Crippen molar-refractivity contribution in [3.63, 3.8) is 0 Å². The summed E-state index contributed by atoms with van der Waals surface area (Å²) in [6.07, 6.45) is -3.17. The first-order chi connectivity index (χ1) is 14.4. The molecular formula is C20H15F4N3O3S. The molecular weight excluding hydrogens is 438 g/mol. The molecule has 1 heterocycles. The molecule has 0 aliphatic carbocycles. The number of carbonyl (C=O) groups excluding carboxylic acids is 1. The van der Waals surface area contributed by atoms with Gasteiger partial charge in [0.1, 0.15) is 5.82 Å². The van der Waals surface area contributed by atoms with E-state index in [1.54, 1.807) is 6.07 Å². The molecule has 0 aliphatic heterocycles. The van der Waals surface area contributed by atoms with Gasteiger partial charge >= 0.3 is 6.18 Å². The van der Waals surface area contributed by atoms with E-state index in [1.807, 2.05) is 0 Å². The highest BCUT2D eigenvalue weighted by molar-refractivity contribution is 7.89. The monoisotopic (exact) mass is 453 g/mol. The fourth-order valence-corrected chi connectivity index (χ4v) is 3.64. The second-order valence-electron chi connectivity index (χ2n) is 6.57. The maximum atomic E-state index is 13.2. The summed E-state index contributed by atoms with van der Waals surface area (Å²) in [6, 6.07) is 9.70. The summed E-state index contributed by atoms with van der Waals surface area (Å²) in [6.45, 7) is 0. The topological polar surface area (TPSA) is 102 Å². The SMILES string of the molecule is NS(=O)(=O)c1cc(NC(=O)Cc2cccc(F)c2)ccc1-c1cncc(C(F)(F)F)c1. The van der Waals surface area contributed by atoms with Crippen LogP contribution in [-0.2, 0) is 27.4 Å². The lowest BCUT2D eigenvalue weighted by Gasteiger charge is -2.13. The minimum atomic E-state index is -4.67. The Morgan fingerprint density at radius 2 is 1.81 bits per heavy atom. The Balaban J connectivity index is 1.93. The number of nitrogens with zero attached hydrogens (tertiary/aromatic N) is 1. The van der Waals surface area contributed by atoms with Gasteiger partial charge in [0.2, 0.25) is 15.9 Å². The number of aromatic nitrogens is 1. The lowest BCUT2D eigenvalue weighted by molar-refractivity contribution is -0.137. The maximum absolute atomic E-state index is 13.2. The first-order valence-corrected chi connectivity index (χ1v) is 10.2. The lowest BCUT2D eigenvalue weighted by atomic mass is 10.0. The molecule has 0 unspecified atom stereocenters. The molecule has 0 aliphatic rings. The van der Waals surface area contributed by atoms with Gasteiger partial charge in [-0.2, -0.15) is 13.2 Å². The van der Waals surface area contributed by atoms with Crippen LogP contribution in [-0.4, -0.2) is 19.3 Å². The quantitative estimate of drug-likeness (QED) is 0.575. The van der Waals surface area contributed by atoms with Crippen molar-refractivity contribution in [3.05, 3.63) is 77.9 Å². The molecule has 0 saturated heterocycles. The second kappa shape index (κ2) is 8.44. The van der Waals surface area contributed by atoms with Gasteiger partial charge in [0.15, 0.2) is 0 Å². The molecule has 1 amide bonds. The van der Waals surface area contributed by atoms with Crippen molar-refractivity contribution in [2.45, 2.75) is 17.5 Å². The summed E-state index contributed by atoms with van der Waals surface area (Å²) >= 11 is 0. The highest BCUT2D eigenvalue weighted by atomic mass is 32.2. The summed E-state index contributed by atoms with van der Waals surface area (Å²) in [7, 11) is -4.36. The first-order valence-electron chi connectivity index (χ1n) is 8.67. The maximum Gasteiger partial charge on any atom is 0.417 e. The third-order valence-electron chi connectivity index (χ3n) is 4.20. The van der Waals surface area contributed by atoms with E-state index >= 15 is 0 Å². The van der Waals surface area contributed by atoms with Gasteiger partial charge in [0.25, 0.3) is 0 Å². The lowest BCUT2D eigenvalue weighted by Crippen LogP contribution is -2.17. The molecule has 1 aromatic heterocycles. The summed E-state index contributed by atoms with van der Waals surface area (Å²) in [5.41, 5.74) is -0.830. The van der Waals surface area contributed by atoms with Gasteiger partial charge in [-0.15, -0.1) is 0 Å². The number of carbonyl (C=O) groups is 1. The van der Waals surface area contributed by atoms with Crippen LogP contribution in [0.2, 0.25) is 0 Å². The Morgan fingerprint density at radius 3 is 2.45 bits per heavy atom. The van der Waals surface area contributed by atoms with Gasteiger partial charge in [-0.25, -0.2) is 17.9 Å². The fraction of sp³-hybridized carbons (Fsp3) is 0.100. The van der Waals surface area contributed by atoms with Gasteiger partial charge in [0.05, 0.1) is 16.9 Å². The van der Waals surface area contributed by atoms with Crippen LogP contribution in [0.3, 0.4) is 0 Å². The molecule has 0 saturated carbocycles. The van der Waals surface area contributed by atoms with Crippen molar-refractivity contribution < 1.29 is 30.8 Å². The van der Waals surface area contributed by atoms with Crippen LogP contribution in [0.25, 0.3) is 11.1 Å². The molecule has 0 bridgehead atoms.